The van der Waals surface area contributed by atoms with Crippen molar-refractivity contribution in [2.24, 2.45) is 0 Å². The van der Waals surface area contributed by atoms with Crippen LogP contribution in [-0.4, -0.2) is 29.0 Å². The topological polar surface area (TPSA) is 45.2 Å². The normalized spacial score (nSPS) is 12.2. The van der Waals surface area contributed by atoms with Crippen molar-refractivity contribution in [2.45, 2.75) is 59.0 Å². The molecule has 0 bridgehead atoms. The van der Waals surface area contributed by atoms with Crippen molar-refractivity contribution in [1.82, 2.24) is 15.2 Å². The number of amides is 2. The highest BCUT2D eigenvalue weighted by atomic mass is 32.1. The van der Waals surface area contributed by atoms with Gasteiger partial charge in [-0.05, 0) is 20.3 Å². The monoisotopic (exact) mass is 283 g/mol. The fraction of sp³-hybridized carbons (Fsp3) is 0.714. The number of hydrogen-bond donors (Lipinski definition) is 1. The van der Waals surface area contributed by atoms with Crippen LogP contribution in [0.1, 0.15) is 50.2 Å². The molecule has 0 spiro atoms. The molecule has 1 aromatic rings. The molecule has 4 nitrogen and oxygen atoms in total. The number of carbonyl (C=O) groups is 1. The van der Waals surface area contributed by atoms with E-state index in [-0.39, 0.29) is 12.1 Å². The number of nitrogens with zero attached hydrogens (tertiary/aromatic N) is 2. The summed E-state index contributed by atoms with van der Waals surface area (Å²) in [5.74, 6) is 0. The zero-order valence-electron chi connectivity index (χ0n) is 12.4. The average molecular weight is 283 g/mol. The SMILES string of the molecule is CCCCCC(C)NC(=O)N(C)Cc1csc(C)n1. The van der Waals surface area contributed by atoms with Gasteiger partial charge in [-0.25, -0.2) is 9.78 Å². The smallest absolute Gasteiger partial charge is 0.317 e. The summed E-state index contributed by atoms with van der Waals surface area (Å²) < 4.78 is 0. The number of aryl methyl sites for hydroxylation is 1. The van der Waals surface area contributed by atoms with Crippen LogP contribution in [0.4, 0.5) is 4.79 Å². The molecule has 5 heteroatoms. The molecule has 1 heterocycles. The van der Waals surface area contributed by atoms with Gasteiger partial charge in [-0.3, -0.25) is 0 Å². The van der Waals surface area contributed by atoms with Gasteiger partial charge in [0.05, 0.1) is 17.2 Å². The van der Waals surface area contributed by atoms with Gasteiger partial charge in [-0.2, -0.15) is 0 Å². The fourth-order valence-electron chi connectivity index (χ4n) is 1.89. The molecular weight excluding hydrogens is 258 g/mol. The van der Waals surface area contributed by atoms with Gasteiger partial charge in [0.1, 0.15) is 0 Å². The number of hydrogen-bond acceptors (Lipinski definition) is 3. The van der Waals surface area contributed by atoms with Gasteiger partial charge in [-0.15, -0.1) is 11.3 Å². The van der Waals surface area contributed by atoms with Crippen molar-refractivity contribution >= 4 is 17.4 Å². The quantitative estimate of drug-likeness (QED) is 0.778. The standard InChI is InChI=1S/C14H25N3OS/c1-5-6-7-8-11(2)15-14(18)17(4)9-13-10-19-12(3)16-13/h10-11H,5-9H2,1-4H3,(H,15,18). The minimum absolute atomic E-state index is 0.0188. The van der Waals surface area contributed by atoms with E-state index in [1.165, 1.54) is 19.3 Å². The Labute approximate surface area is 120 Å². The van der Waals surface area contributed by atoms with Crippen molar-refractivity contribution in [1.29, 1.82) is 0 Å². The van der Waals surface area contributed by atoms with Crippen LogP contribution >= 0.6 is 11.3 Å². The van der Waals surface area contributed by atoms with Crippen molar-refractivity contribution < 1.29 is 4.79 Å². The van der Waals surface area contributed by atoms with Gasteiger partial charge in [0.15, 0.2) is 0 Å². The van der Waals surface area contributed by atoms with Crippen molar-refractivity contribution in [3.8, 4) is 0 Å². The summed E-state index contributed by atoms with van der Waals surface area (Å²) in [5.41, 5.74) is 0.957. The summed E-state index contributed by atoms with van der Waals surface area (Å²) in [6.45, 7) is 6.79. The van der Waals surface area contributed by atoms with Crippen LogP contribution in [0.3, 0.4) is 0 Å². The number of rotatable bonds is 7. The van der Waals surface area contributed by atoms with Crippen molar-refractivity contribution in [3.05, 3.63) is 16.1 Å². The summed E-state index contributed by atoms with van der Waals surface area (Å²) in [7, 11) is 1.81. The molecule has 0 aromatic carbocycles. The van der Waals surface area contributed by atoms with Crippen LogP contribution in [0.2, 0.25) is 0 Å². The summed E-state index contributed by atoms with van der Waals surface area (Å²) in [4.78, 5) is 18.0. The maximum atomic E-state index is 12.0. The molecule has 0 saturated heterocycles. The van der Waals surface area contributed by atoms with Gasteiger partial charge in [-0.1, -0.05) is 26.2 Å². The first-order valence-electron chi connectivity index (χ1n) is 6.95. The molecule has 0 aliphatic rings. The van der Waals surface area contributed by atoms with Gasteiger partial charge in [0.2, 0.25) is 0 Å². The second-order valence-electron chi connectivity index (χ2n) is 5.06. The summed E-state index contributed by atoms with van der Waals surface area (Å²) in [6.07, 6.45) is 4.66. The maximum Gasteiger partial charge on any atom is 0.317 e. The molecule has 0 aliphatic heterocycles. The van der Waals surface area contributed by atoms with E-state index in [4.69, 9.17) is 0 Å². The minimum Gasteiger partial charge on any atom is -0.336 e. The first-order chi connectivity index (χ1) is 9.02. The third kappa shape index (κ3) is 6.05. The number of carbonyl (C=O) groups excluding carboxylic acids is 1. The van der Waals surface area contributed by atoms with E-state index >= 15 is 0 Å². The second kappa shape index (κ2) is 8.15. The molecule has 0 saturated carbocycles. The fourth-order valence-corrected chi connectivity index (χ4v) is 2.49. The molecule has 0 aliphatic carbocycles. The molecule has 0 radical (unpaired) electrons. The Bertz CT molecular complexity index is 392. The molecule has 0 fully saturated rings. The molecular formula is C14H25N3OS. The summed E-state index contributed by atoms with van der Waals surface area (Å²) >= 11 is 1.62. The number of thiazole rings is 1. The second-order valence-corrected chi connectivity index (χ2v) is 6.12. The highest BCUT2D eigenvalue weighted by molar-refractivity contribution is 7.09. The van der Waals surface area contributed by atoms with Crippen LogP contribution in [0, 0.1) is 6.92 Å². The van der Waals surface area contributed by atoms with Crippen LogP contribution in [0.15, 0.2) is 5.38 Å². The zero-order chi connectivity index (χ0) is 14.3. The zero-order valence-corrected chi connectivity index (χ0v) is 13.2. The van der Waals surface area contributed by atoms with Gasteiger partial charge < -0.3 is 10.2 Å². The van der Waals surface area contributed by atoms with E-state index < -0.39 is 0 Å². The third-order valence-electron chi connectivity index (χ3n) is 3.02. The Balaban J connectivity index is 2.31. The van der Waals surface area contributed by atoms with Gasteiger partial charge in [0, 0.05) is 18.5 Å². The lowest BCUT2D eigenvalue weighted by Crippen LogP contribution is -2.41. The largest absolute Gasteiger partial charge is 0.336 e. The Morgan fingerprint density at radius 1 is 1.53 bits per heavy atom. The van der Waals surface area contributed by atoms with Crippen molar-refractivity contribution in [2.75, 3.05) is 7.05 Å². The molecule has 1 aromatic heterocycles. The van der Waals surface area contributed by atoms with Crippen LogP contribution < -0.4 is 5.32 Å². The molecule has 1 unspecified atom stereocenters. The lowest BCUT2D eigenvalue weighted by atomic mass is 10.1. The summed E-state index contributed by atoms with van der Waals surface area (Å²) in [6, 6.07) is 0.216. The minimum atomic E-state index is -0.0188. The average Bonchev–Trinajstić information content (AvgIpc) is 2.75. The molecule has 2 amide bonds. The Kier molecular flexibility index (Phi) is 6.84. The van der Waals surface area contributed by atoms with Crippen molar-refractivity contribution in [3.63, 3.8) is 0 Å². The number of unbranched alkanes of at least 4 members (excludes halogenated alkanes) is 2. The Hall–Kier alpha value is -1.10. The first kappa shape index (κ1) is 16.0. The maximum absolute atomic E-state index is 12.0. The van der Waals surface area contributed by atoms with E-state index in [1.807, 2.05) is 19.4 Å². The Morgan fingerprint density at radius 2 is 2.26 bits per heavy atom. The number of nitrogens with one attached hydrogen (secondary N) is 1. The predicted octanol–water partition coefficient (Wildman–Crippen LogP) is 3.56. The molecule has 19 heavy (non-hydrogen) atoms. The van der Waals surface area contributed by atoms with Crippen LogP contribution in [-0.2, 0) is 6.54 Å². The van der Waals surface area contributed by atoms with Gasteiger partial charge >= 0.3 is 6.03 Å². The molecule has 1 rings (SSSR count). The van der Waals surface area contributed by atoms with E-state index in [1.54, 1.807) is 16.2 Å². The van der Waals surface area contributed by atoms with Crippen LogP contribution in [0.25, 0.3) is 0 Å². The number of urea groups is 1. The highest BCUT2D eigenvalue weighted by Gasteiger charge is 2.13. The summed E-state index contributed by atoms with van der Waals surface area (Å²) in [5, 5.41) is 6.07. The van der Waals surface area contributed by atoms with E-state index in [2.05, 4.69) is 24.1 Å². The number of aromatic nitrogens is 1. The molecule has 1 N–H and O–H groups in total. The van der Waals surface area contributed by atoms with E-state index in [0.29, 0.717) is 6.54 Å². The third-order valence-corrected chi connectivity index (χ3v) is 3.85. The molecule has 1 atom stereocenters. The molecule has 108 valence electrons. The Morgan fingerprint density at radius 3 is 2.84 bits per heavy atom. The predicted molar refractivity (Wildman–Crippen MR) is 80.5 cm³/mol. The van der Waals surface area contributed by atoms with Crippen LogP contribution in [0.5, 0.6) is 0 Å². The lowest BCUT2D eigenvalue weighted by molar-refractivity contribution is 0.202. The lowest BCUT2D eigenvalue weighted by Gasteiger charge is -2.20. The van der Waals surface area contributed by atoms with Gasteiger partial charge in [0.25, 0.3) is 0 Å². The van der Waals surface area contributed by atoms with E-state index in [9.17, 15) is 4.79 Å². The first-order valence-corrected chi connectivity index (χ1v) is 7.83. The van der Waals surface area contributed by atoms with E-state index in [0.717, 1.165) is 17.1 Å². The highest BCUT2D eigenvalue weighted by Crippen LogP contribution is 2.10.